The van der Waals surface area contributed by atoms with E-state index in [-0.39, 0.29) is 4.90 Å². The molecule has 0 aliphatic heterocycles. The molecule has 2 rings (SSSR count). The van der Waals surface area contributed by atoms with E-state index >= 15 is 0 Å². The third-order valence-corrected chi connectivity index (χ3v) is 3.62. The molecule has 0 aliphatic carbocycles. The van der Waals surface area contributed by atoms with Gasteiger partial charge in [-0.15, -0.1) is 0 Å². The zero-order valence-corrected chi connectivity index (χ0v) is 11.4. The summed E-state index contributed by atoms with van der Waals surface area (Å²) in [5, 5.41) is 5.04. The summed E-state index contributed by atoms with van der Waals surface area (Å²) in [7, 11) is -3.70. The zero-order chi connectivity index (χ0) is 13.9. The summed E-state index contributed by atoms with van der Waals surface area (Å²) in [5.74, 6) is 0. The van der Waals surface area contributed by atoms with Crippen molar-refractivity contribution in [3.63, 3.8) is 0 Å². The Labute approximate surface area is 112 Å². The maximum absolute atomic E-state index is 11.2. The highest BCUT2D eigenvalue weighted by Gasteiger charge is 2.10. The minimum absolute atomic E-state index is 0.0113. The smallest absolute Gasteiger partial charge is 0.239 e. The molecule has 0 fully saturated rings. The van der Waals surface area contributed by atoms with Crippen molar-refractivity contribution in [2.24, 2.45) is 5.14 Å². The van der Waals surface area contributed by atoms with E-state index in [0.29, 0.717) is 5.69 Å². The fourth-order valence-corrected chi connectivity index (χ4v) is 2.27. The summed E-state index contributed by atoms with van der Waals surface area (Å²) >= 11 is 0. The lowest BCUT2D eigenvalue weighted by Gasteiger charge is -2.07. The van der Waals surface area contributed by atoms with Crippen LogP contribution in [0.1, 0.15) is 19.0 Å². The predicted octanol–water partition coefficient (Wildman–Crippen LogP) is 1.74. The van der Waals surface area contributed by atoms with Crippen LogP contribution in [0.15, 0.2) is 41.6 Å². The van der Waals surface area contributed by atoms with E-state index in [0.717, 1.165) is 24.1 Å². The summed E-state index contributed by atoms with van der Waals surface area (Å²) in [4.78, 5) is 8.50. The van der Waals surface area contributed by atoms with Gasteiger partial charge >= 0.3 is 0 Å². The Morgan fingerprint density at radius 2 is 2.00 bits per heavy atom. The Kier molecular flexibility index (Phi) is 3.92. The largest absolute Gasteiger partial charge is 0.261 e. The molecule has 0 bridgehead atoms. The highest BCUT2D eigenvalue weighted by molar-refractivity contribution is 7.89. The van der Waals surface area contributed by atoms with Crippen LogP contribution in [-0.2, 0) is 16.4 Å². The number of primary sulfonamides is 1. The second-order valence-electron chi connectivity index (χ2n) is 4.17. The third-order valence-electron chi connectivity index (χ3n) is 2.72. The van der Waals surface area contributed by atoms with Crippen LogP contribution in [0, 0.1) is 0 Å². The first-order chi connectivity index (χ1) is 9.02. The second-order valence-corrected chi connectivity index (χ2v) is 5.73. The number of aromatic nitrogens is 2. The van der Waals surface area contributed by atoms with Crippen molar-refractivity contribution in [1.29, 1.82) is 0 Å². The standard InChI is InChI=1S/C13H15N3O2S/c1-2-4-12-11(5-3-8-15-12)13-7-6-10(9-16-13)19(14,17)18/h3,5-9H,2,4H2,1H3,(H2,14,17,18). The first-order valence-electron chi connectivity index (χ1n) is 5.95. The van der Waals surface area contributed by atoms with Gasteiger partial charge in [0.05, 0.1) is 5.69 Å². The van der Waals surface area contributed by atoms with E-state index in [1.807, 2.05) is 12.1 Å². The molecule has 6 heteroatoms. The van der Waals surface area contributed by atoms with Crippen molar-refractivity contribution in [3.8, 4) is 11.3 Å². The van der Waals surface area contributed by atoms with Crippen LogP contribution >= 0.6 is 0 Å². The molecule has 0 spiro atoms. The molecule has 19 heavy (non-hydrogen) atoms. The van der Waals surface area contributed by atoms with E-state index < -0.39 is 10.0 Å². The lowest BCUT2D eigenvalue weighted by atomic mass is 10.1. The number of hydrogen-bond acceptors (Lipinski definition) is 4. The minimum Gasteiger partial charge on any atom is -0.261 e. The summed E-state index contributed by atoms with van der Waals surface area (Å²) in [5.41, 5.74) is 2.58. The van der Waals surface area contributed by atoms with Crippen LogP contribution in [0.5, 0.6) is 0 Å². The van der Waals surface area contributed by atoms with Gasteiger partial charge in [0, 0.05) is 23.7 Å². The average molecular weight is 277 g/mol. The highest BCUT2D eigenvalue weighted by atomic mass is 32.2. The van der Waals surface area contributed by atoms with Crippen molar-refractivity contribution < 1.29 is 8.42 Å². The molecule has 2 aromatic heterocycles. The van der Waals surface area contributed by atoms with Crippen molar-refractivity contribution in [2.45, 2.75) is 24.7 Å². The molecular weight excluding hydrogens is 262 g/mol. The monoisotopic (exact) mass is 277 g/mol. The molecule has 0 unspecified atom stereocenters. The van der Waals surface area contributed by atoms with E-state index in [2.05, 4.69) is 16.9 Å². The Hall–Kier alpha value is -1.79. The van der Waals surface area contributed by atoms with Crippen LogP contribution in [0.25, 0.3) is 11.3 Å². The van der Waals surface area contributed by atoms with Gasteiger partial charge in [-0.25, -0.2) is 13.6 Å². The Morgan fingerprint density at radius 3 is 2.58 bits per heavy atom. The van der Waals surface area contributed by atoms with Crippen LogP contribution in [0.2, 0.25) is 0 Å². The van der Waals surface area contributed by atoms with Crippen molar-refractivity contribution in [1.82, 2.24) is 9.97 Å². The van der Waals surface area contributed by atoms with Gasteiger partial charge in [0.25, 0.3) is 0 Å². The number of sulfonamides is 1. The summed E-state index contributed by atoms with van der Waals surface area (Å²) in [6.45, 7) is 2.08. The molecule has 0 amide bonds. The fraction of sp³-hybridized carbons (Fsp3) is 0.231. The molecule has 2 N–H and O–H groups in total. The normalized spacial score (nSPS) is 11.5. The van der Waals surface area contributed by atoms with Gasteiger partial charge < -0.3 is 0 Å². The molecule has 5 nitrogen and oxygen atoms in total. The van der Waals surface area contributed by atoms with Gasteiger partial charge in [0.1, 0.15) is 4.90 Å². The molecule has 100 valence electrons. The quantitative estimate of drug-likeness (QED) is 0.922. The van der Waals surface area contributed by atoms with E-state index in [1.54, 1.807) is 12.3 Å². The average Bonchev–Trinajstić information content (AvgIpc) is 2.39. The molecule has 0 atom stereocenters. The van der Waals surface area contributed by atoms with Gasteiger partial charge in [0.2, 0.25) is 10.0 Å². The van der Waals surface area contributed by atoms with Gasteiger partial charge in [0.15, 0.2) is 0 Å². The number of aryl methyl sites for hydroxylation is 1. The summed E-state index contributed by atoms with van der Waals surface area (Å²) < 4.78 is 22.4. The Bertz CT molecular complexity index is 667. The summed E-state index contributed by atoms with van der Waals surface area (Å²) in [6, 6.07) is 6.87. The first-order valence-corrected chi connectivity index (χ1v) is 7.50. The fourth-order valence-electron chi connectivity index (χ4n) is 1.82. The van der Waals surface area contributed by atoms with Crippen LogP contribution in [0.3, 0.4) is 0 Å². The molecule has 0 aromatic carbocycles. The summed E-state index contributed by atoms with van der Waals surface area (Å²) in [6.07, 6.45) is 4.86. The lowest BCUT2D eigenvalue weighted by Crippen LogP contribution is -2.12. The van der Waals surface area contributed by atoms with Crippen molar-refractivity contribution in [2.75, 3.05) is 0 Å². The minimum atomic E-state index is -3.70. The molecule has 0 radical (unpaired) electrons. The van der Waals surface area contributed by atoms with Crippen LogP contribution in [-0.4, -0.2) is 18.4 Å². The topological polar surface area (TPSA) is 85.9 Å². The molecule has 0 saturated heterocycles. The predicted molar refractivity (Wildman–Crippen MR) is 72.8 cm³/mol. The SMILES string of the molecule is CCCc1ncccc1-c1ccc(S(N)(=O)=O)cn1. The van der Waals surface area contributed by atoms with E-state index in [9.17, 15) is 8.42 Å². The molecule has 0 aliphatic rings. The van der Waals surface area contributed by atoms with Crippen molar-refractivity contribution in [3.05, 3.63) is 42.4 Å². The van der Waals surface area contributed by atoms with Crippen LogP contribution < -0.4 is 5.14 Å². The van der Waals surface area contributed by atoms with E-state index in [4.69, 9.17) is 5.14 Å². The van der Waals surface area contributed by atoms with Gasteiger partial charge in [-0.1, -0.05) is 13.3 Å². The first kappa shape index (κ1) is 13.6. The number of nitrogens with two attached hydrogens (primary N) is 1. The highest BCUT2D eigenvalue weighted by Crippen LogP contribution is 2.21. The molecular formula is C13H15N3O2S. The molecule has 2 heterocycles. The number of nitrogens with zero attached hydrogens (tertiary/aromatic N) is 2. The van der Waals surface area contributed by atoms with Gasteiger partial charge in [-0.3, -0.25) is 9.97 Å². The van der Waals surface area contributed by atoms with Crippen LogP contribution in [0.4, 0.5) is 0 Å². The maximum Gasteiger partial charge on any atom is 0.239 e. The Morgan fingerprint density at radius 1 is 1.21 bits per heavy atom. The van der Waals surface area contributed by atoms with Gasteiger partial charge in [-0.05, 0) is 30.7 Å². The van der Waals surface area contributed by atoms with Crippen molar-refractivity contribution >= 4 is 10.0 Å². The number of rotatable bonds is 4. The lowest BCUT2D eigenvalue weighted by molar-refractivity contribution is 0.597. The zero-order valence-electron chi connectivity index (χ0n) is 10.6. The second kappa shape index (κ2) is 5.46. The number of hydrogen-bond donors (Lipinski definition) is 1. The van der Waals surface area contributed by atoms with E-state index in [1.165, 1.54) is 12.3 Å². The molecule has 2 aromatic rings. The molecule has 0 saturated carbocycles. The number of pyridine rings is 2. The third kappa shape index (κ3) is 3.15. The Balaban J connectivity index is 2.43. The maximum atomic E-state index is 11.2. The van der Waals surface area contributed by atoms with Gasteiger partial charge in [-0.2, -0.15) is 0 Å².